The maximum atomic E-state index is 2.20. The molecule has 0 aromatic heterocycles. The Labute approximate surface area is 78.3 Å². The highest BCUT2D eigenvalue weighted by molar-refractivity contribution is 5.13. The van der Waals surface area contributed by atoms with E-state index in [1.165, 1.54) is 5.56 Å². The molecule has 3 heteroatoms. The quantitative estimate of drug-likeness (QED) is 0.627. The number of benzene rings is 1. The zero-order valence-corrected chi connectivity index (χ0v) is 8.36. The van der Waals surface area contributed by atoms with Crippen molar-refractivity contribution in [3.63, 3.8) is 0 Å². The molecule has 0 bridgehead atoms. The molecule has 0 spiro atoms. The summed E-state index contributed by atoms with van der Waals surface area (Å²) in [7, 11) is 6.60. The maximum absolute atomic E-state index is 2.20. The van der Waals surface area contributed by atoms with Crippen molar-refractivity contribution in [2.24, 2.45) is 0 Å². The zero-order valence-electron chi connectivity index (χ0n) is 8.36. The summed E-state index contributed by atoms with van der Waals surface area (Å²) in [4.78, 5) is 0. The molecule has 13 heavy (non-hydrogen) atoms. The minimum absolute atomic E-state index is 0. The first-order valence-corrected chi connectivity index (χ1v) is 3.92. The molecule has 76 valence electrons. The van der Waals surface area contributed by atoms with Crippen molar-refractivity contribution in [2.45, 2.75) is 6.54 Å². The highest BCUT2D eigenvalue weighted by Gasteiger charge is 2.06. The van der Waals surface area contributed by atoms with Crippen LogP contribution in [0.5, 0.6) is 0 Å². The van der Waals surface area contributed by atoms with Gasteiger partial charge in [-0.15, -0.1) is 0 Å². The van der Waals surface area contributed by atoms with Gasteiger partial charge in [-0.1, -0.05) is 30.3 Å². The highest BCUT2D eigenvalue weighted by Crippen LogP contribution is 2.04. The molecule has 0 atom stereocenters. The van der Waals surface area contributed by atoms with E-state index < -0.39 is 0 Å². The topological polar surface area (TPSA) is 0 Å². The van der Waals surface area contributed by atoms with E-state index in [1.807, 2.05) is 0 Å². The van der Waals surface area contributed by atoms with Gasteiger partial charge in [-0.3, -0.25) is 9.41 Å². The van der Waals surface area contributed by atoms with Crippen molar-refractivity contribution in [3.8, 4) is 0 Å². The molecule has 1 nitrogen and oxygen atoms in total. The first kappa shape index (κ1) is 14.6. The molecule has 0 saturated carbocycles. The van der Waals surface area contributed by atoms with Gasteiger partial charge in [0, 0.05) is 5.56 Å². The smallest absolute Gasteiger partial charge is 0.104 e. The molecule has 0 unspecified atom stereocenters. The van der Waals surface area contributed by atoms with Crippen LogP contribution >= 0.6 is 0 Å². The normalized spacial score (nSPS) is 9.77. The Morgan fingerprint density at radius 2 is 1.38 bits per heavy atom. The van der Waals surface area contributed by atoms with E-state index in [0.717, 1.165) is 11.0 Å². The van der Waals surface area contributed by atoms with Crippen molar-refractivity contribution in [2.75, 3.05) is 21.1 Å². The van der Waals surface area contributed by atoms with Crippen LogP contribution in [0.2, 0.25) is 0 Å². The Morgan fingerprint density at radius 1 is 0.923 bits per heavy atom. The summed E-state index contributed by atoms with van der Waals surface area (Å²) in [6.07, 6.45) is 0. The van der Waals surface area contributed by atoms with Gasteiger partial charge in [0.2, 0.25) is 0 Å². The molecule has 0 aliphatic carbocycles. The molecule has 0 amide bonds. The molecular weight excluding hydrogens is 172 g/mol. The number of nitrogens with zero attached hydrogens (tertiary/aromatic N) is 1. The standard InChI is InChI=1S/C10H16N.2FH/c1-11(2,3)9-10-7-5-4-6-8-10;;/h4-8H,9H2,1-3H3;2*1H/q+1;;. The summed E-state index contributed by atoms with van der Waals surface area (Å²) in [6, 6.07) is 10.6. The predicted molar refractivity (Wildman–Crippen MR) is 53.2 cm³/mol. The number of quaternary nitrogens is 1. The molecule has 0 fully saturated rings. The molecule has 0 aliphatic rings. The second-order valence-electron chi connectivity index (χ2n) is 3.93. The van der Waals surface area contributed by atoms with Crippen LogP contribution in [0.15, 0.2) is 30.3 Å². The van der Waals surface area contributed by atoms with Crippen LogP contribution in [-0.2, 0) is 6.54 Å². The highest BCUT2D eigenvalue weighted by atomic mass is 19.0. The first-order valence-electron chi connectivity index (χ1n) is 3.92. The van der Waals surface area contributed by atoms with E-state index in [1.54, 1.807) is 0 Å². The minimum atomic E-state index is 0. The van der Waals surface area contributed by atoms with Crippen LogP contribution in [0.1, 0.15) is 5.56 Å². The van der Waals surface area contributed by atoms with Gasteiger partial charge < -0.3 is 4.48 Å². The monoisotopic (exact) mass is 190 g/mol. The van der Waals surface area contributed by atoms with E-state index in [2.05, 4.69) is 51.5 Å². The van der Waals surface area contributed by atoms with Crippen LogP contribution < -0.4 is 0 Å². The molecule has 0 N–H and O–H groups in total. The van der Waals surface area contributed by atoms with Crippen LogP contribution in [0.25, 0.3) is 0 Å². The second-order valence-corrected chi connectivity index (χ2v) is 3.93. The Hall–Kier alpha value is -0.960. The fourth-order valence-corrected chi connectivity index (χ4v) is 1.13. The van der Waals surface area contributed by atoms with Gasteiger partial charge in [0.1, 0.15) is 6.54 Å². The predicted octanol–water partition coefficient (Wildman–Crippen LogP) is 2.20. The summed E-state index contributed by atoms with van der Waals surface area (Å²) in [5.74, 6) is 0. The third-order valence-electron chi connectivity index (χ3n) is 1.50. The van der Waals surface area contributed by atoms with Crippen molar-refractivity contribution >= 4 is 0 Å². The van der Waals surface area contributed by atoms with Gasteiger partial charge in [-0.25, -0.2) is 0 Å². The Balaban J connectivity index is 0. The fraction of sp³-hybridized carbons (Fsp3) is 0.400. The zero-order chi connectivity index (χ0) is 8.32. The Morgan fingerprint density at radius 3 is 1.77 bits per heavy atom. The largest absolute Gasteiger partial charge is 0.327 e. The molecule has 1 rings (SSSR count). The molecule has 0 saturated heterocycles. The van der Waals surface area contributed by atoms with E-state index >= 15 is 0 Å². The summed E-state index contributed by atoms with van der Waals surface area (Å²) in [5.41, 5.74) is 1.40. The van der Waals surface area contributed by atoms with E-state index in [-0.39, 0.29) is 9.41 Å². The number of hydrogen-bond acceptors (Lipinski definition) is 0. The fourth-order valence-electron chi connectivity index (χ4n) is 1.13. The molecule has 1 aromatic rings. The summed E-state index contributed by atoms with van der Waals surface area (Å²) < 4.78 is 0.990. The third-order valence-corrected chi connectivity index (χ3v) is 1.50. The first-order chi connectivity index (χ1) is 5.08. The molecule has 0 aliphatic heterocycles. The SMILES string of the molecule is C[N+](C)(C)Cc1ccccc1.F.F. The van der Waals surface area contributed by atoms with Gasteiger partial charge in [0.05, 0.1) is 21.1 Å². The average molecular weight is 190 g/mol. The van der Waals surface area contributed by atoms with Crippen molar-refractivity contribution in [3.05, 3.63) is 35.9 Å². The summed E-state index contributed by atoms with van der Waals surface area (Å²) in [6.45, 7) is 1.10. The second kappa shape index (κ2) is 5.65. The lowest BCUT2D eigenvalue weighted by molar-refractivity contribution is -0.884. The van der Waals surface area contributed by atoms with Gasteiger partial charge in [0.15, 0.2) is 0 Å². The minimum Gasteiger partial charge on any atom is -0.327 e. The third kappa shape index (κ3) is 6.22. The van der Waals surface area contributed by atoms with Gasteiger partial charge >= 0.3 is 0 Å². The van der Waals surface area contributed by atoms with Crippen molar-refractivity contribution < 1.29 is 13.9 Å². The number of rotatable bonds is 2. The van der Waals surface area contributed by atoms with Crippen LogP contribution in [0.4, 0.5) is 9.41 Å². The molecule has 0 heterocycles. The van der Waals surface area contributed by atoms with Gasteiger partial charge in [0.25, 0.3) is 0 Å². The summed E-state index contributed by atoms with van der Waals surface area (Å²) in [5, 5.41) is 0. The van der Waals surface area contributed by atoms with Gasteiger partial charge in [-0.05, 0) is 0 Å². The van der Waals surface area contributed by atoms with E-state index in [0.29, 0.717) is 0 Å². The maximum Gasteiger partial charge on any atom is 0.104 e. The summed E-state index contributed by atoms with van der Waals surface area (Å²) >= 11 is 0. The van der Waals surface area contributed by atoms with Crippen molar-refractivity contribution in [1.82, 2.24) is 0 Å². The lowest BCUT2D eigenvalue weighted by Gasteiger charge is -2.23. The number of halogens is 2. The number of hydrogen-bond donors (Lipinski definition) is 0. The van der Waals surface area contributed by atoms with E-state index in [9.17, 15) is 0 Å². The molecule has 0 radical (unpaired) electrons. The van der Waals surface area contributed by atoms with Crippen LogP contribution in [0, 0.1) is 0 Å². The average Bonchev–Trinajstić information content (AvgIpc) is 1.85. The lowest BCUT2D eigenvalue weighted by atomic mass is 10.2. The Kier molecular flexibility index (Phi) is 6.32. The van der Waals surface area contributed by atoms with Gasteiger partial charge in [-0.2, -0.15) is 0 Å². The van der Waals surface area contributed by atoms with Crippen LogP contribution in [0.3, 0.4) is 0 Å². The van der Waals surface area contributed by atoms with E-state index in [4.69, 9.17) is 0 Å². The lowest BCUT2D eigenvalue weighted by Crippen LogP contribution is -2.33. The molecular formula is C10H18F2N+. The molecule has 1 aromatic carbocycles. The Bertz CT molecular complexity index is 216. The van der Waals surface area contributed by atoms with Crippen LogP contribution in [-0.4, -0.2) is 25.6 Å². The van der Waals surface area contributed by atoms with Crippen molar-refractivity contribution in [1.29, 1.82) is 0 Å².